The number of rotatable bonds is 2. The van der Waals surface area contributed by atoms with E-state index in [2.05, 4.69) is 0 Å². The molecule has 1 aliphatic carbocycles. The first-order valence-electron chi connectivity index (χ1n) is 6.47. The van der Waals surface area contributed by atoms with E-state index in [4.69, 9.17) is 4.74 Å². The highest BCUT2D eigenvalue weighted by Crippen LogP contribution is 2.28. The van der Waals surface area contributed by atoms with Crippen LogP contribution >= 0.6 is 0 Å². The Labute approximate surface area is 102 Å². The van der Waals surface area contributed by atoms with Gasteiger partial charge in [0.2, 0.25) is 0 Å². The van der Waals surface area contributed by atoms with Gasteiger partial charge in [0.05, 0.1) is 18.9 Å². The third kappa shape index (κ3) is 4.36. The van der Waals surface area contributed by atoms with Crippen LogP contribution in [0.15, 0.2) is 0 Å². The van der Waals surface area contributed by atoms with E-state index in [9.17, 15) is 14.7 Å². The van der Waals surface area contributed by atoms with Gasteiger partial charge in [-0.2, -0.15) is 0 Å². The summed E-state index contributed by atoms with van der Waals surface area (Å²) in [5, 5.41) is 9.22. The van der Waals surface area contributed by atoms with E-state index >= 15 is 0 Å². The molecule has 2 atom stereocenters. The lowest BCUT2D eigenvalue weighted by molar-refractivity contribution is -0.156. The fraction of sp³-hybridized carbons (Fsp3) is 0.846. The molecule has 0 heterocycles. The van der Waals surface area contributed by atoms with E-state index in [1.165, 1.54) is 20.0 Å². The van der Waals surface area contributed by atoms with Crippen LogP contribution in [0.3, 0.4) is 0 Å². The summed E-state index contributed by atoms with van der Waals surface area (Å²) in [6.45, 7) is 0. The predicted octanol–water partition coefficient (Wildman–Crippen LogP) is 2.61. The number of methoxy groups -OCH3 is 1. The molecule has 1 fully saturated rings. The van der Waals surface area contributed by atoms with Gasteiger partial charge in [-0.1, -0.05) is 38.5 Å². The Bertz CT molecular complexity index is 262. The second kappa shape index (κ2) is 7.30. The molecule has 98 valence electrons. The molecule has 2 unspecified atom stereocenters. The zero-order valence-corrected chi connectivity index (χ0v) is 10.5. The molecule has 0 aromatic heterocycles. The van der Waals surface area contributed by atoms with Gasteiger partial charge in [0.1, 0.15) is 0 Å². The van der Waals surface area contributed by atoms with Gasteiger partial charge in [-0.05, 0) is 12.8 Å². The van der Waals surface area contributed by atoms with Crippen LogP contribution in [0, 0.1) is 11.8 Å². The van der Waals surface area contributed by atoms with Crippen LogP contribution in [-0.2, 0) is 14.3 Å². The zero-order valence-electron chi connectivity index (χ0n) is 10.5. The Kier molecular flexibility index (Phi) is 6.01. The van der Waals surface area contributed by atoms with E-state index in [0.29, 0.717) is 12.8 Å². The topological polar surface area (TPSA) is 63.6 Å². The SMILES string of the molecule is COC(=O)C1CCCCCCCCC1C(=O)O. The molecule has 0 bridgehead atoms. The first-order valence-corrected chi connectivity index (χ1v) is 6.47. The van der Waals surface area contributed by atoms with Gasteiger partial charge < -0.3 is 9.84 Å². The second-order valence-corrected chi connectivity index (χ2v) is 4.77. The van der Waals surface area contributed by atoms with Crippen LogP contribution in [0.2, 0.25) is 0 Å². The van der Waals surface area contributed by atoms with E-state index in [1.54, 1.807) is 0 Å². The van der Waals surface area contributed by atoms with Crippen molar-refractivity contribution in [1.82, 2.24) is 0 Å². The van der Waals surface area contributed by atoms with Crippen molar-refractivity contribution >= 4 is 11.9 Å². The maximum absolute atomic E-state index is 11.7. The van der Waals surface area contributed by atoms with E-state index in [1.807, 2.05) is 0 Å². The summed E-state index contributed by atoms with van der Waals surface area (Å²) < 4.78 is 4.74. The standard InChI is InChI=1S/C13H22O4/c1-17-13(16)11-9-7-5-3-2-4-6-8-10(11)12(14)15/h10-11H,2-9H2,1H3,(H,14,15). The smallest absolute Gasteiger partial charge is 0.309 e. The summed E-state index contributed by atoms with van der Waals surface area (Å²) in [5.74, 6) is -2.25. The number of carboxylic acid groups (broad SMARTS) is 1. The molecule has 0 aromatic carbocycles. The Hall–Kier alpha value is -1.06. The molecule has 4 heteroatoms. The molecule has 0 amide bonds. The number of carbonyl (C=O) groups excluding carboxylic acids is 1. The minimum absolute atomic E-state index is 0.363. The zero-order chi connectivity index (χ0) is 12.7. The molecule has 1 rings (SSSR count). The summed E-state index contributed by atoms with van der Waals surface area (Å²) in [6, 6.07) is 0. The molecule has 0 aromatic rings. The number of aliphatic carboxylic acids is 1. The molecule has 0 aliphatic heterocycles. The van der Waals surface area contributed by atoms with Crippen LogP contribution in [0.25, 0.3) is 0 Å². The lowest BCUT2D eigenvalue weighted by Gasteiger charge is -2.22. The normalized spacial score (nSPS) is 27.1. The van der Waals surface area contributed by atoms with Crippen molar-refractivity contribution in [2.75, 3.05) is 7.11 Å². The highest BCUT2D eigenvalue weighted by molar-refractivity contribution is 5.81. The fourth-order valence-corrected chi connectivity index (χ4v) is 2.57. The first-order chi connectivity index (χ1) is 8.16. The highest BCUT2D eigenvalue weighted by Gasteiger charge is 2.33. The summed E-state index contributed by atoms with van der Waals surface area (Å²) in [5.41, 5.74) is 0. The van der Waals surface area contributed by atoms with Gasteiger partial charge in [0.25, 0.3) is 0 Å². The largest absolute Gasteiger partial charge is 0.481 e. The van der Waals surface area contributed by atoms with Crippen molar-refractivity contribution in [3.63, 3.8) is 0 Å². The molecule has 4 nitrogen and oxygen atoms in total. The molecule has 17 heavy (non-hydrogen) atoms. The summed E-state index contributed by atoms with van der Waals surface area (Å²) >= 11 is 0. The minimum Gasteiger partial charge on any atom is -0.481 e. The maximum atomic E-state index is 11.7. The Morgan fingerprint density at radius 1 is 0.941 bits per heavy atom. The van der Waals surface area contributed by atoms with Crippen LogP contribution in [0.4, 0.5) is 0 Å². The summed E-state index contributed by atoms with van der Waals surface area (Å²) in [7, 11) is 1.33. The number of hydrogen-bond acceptors (Lipinski definition) is 3. The van der Waals surface area contributed by atoms with Gasteiger partial charge in [-0.25, -0.2) is 0 Å². The van der Waals surface area contributed by atoms with Crippen molar-refractivity contribution in [3.05, 3.63) is 0 Å². The third-order valence-electron chi connectivity index (χ3n) is 3.59. The third-order valence-corrected chi connectivity index (χ3v) is 3.59. The maximum Gasteiger partial charge on any atom is 0.309 e. The van der Waals surface area contributed by atoms with Crippen LogP contribution in [0.5, 0.6) is 0 Å². The van der Waals surface area contributed by atoms with Crippen molar-refractivity contribution in [1.29, 1.82) is 0 Å². The predicted molar refractivity (Wildman–Crippen MR) is 63.6 cm³/mol. The van der Waals surface area contributed by atoms with Crippen molar-refractivity contribution in [3.8, 4) is 0 Å². The lowest BCUT2D eigenvalue weighted by Crippen LogP contribution is -2.31. The molecule has 0 radical (unpaired) electrons. The van der Waals surface area contributed by atoms with Gasteiger partial charge in [0.15, 0.2) is 0 Å². The van der Waals surface area contributed by atoms with Gasteiger partial charge in [-0.3, -0.25) is 9.59 Å². The minimum atomic E-state index is -0.860. The molecule has 1 saturated carbocycles. The van der Waals surface area contributed by atoms with Crippen LogP contribution in [-0.4, -0.2) is 24.2 Å². The van der Waals surface area contributed by atoms with E-state index in [-0.39, 0.29) is 5.97 Å². The van der Waals surface area contributed by atoms with Crippen molar-refractivity contribution in [2.45, 2.75) is 51.4 Å². The average Bonchev–Trinajstić information content (AvgIpc) is 2.33. The molecular formula is C13H22O4. The second-order valence-electron chi connectivity index (χ2n) is 4.77. The van der Waals surface area contributed by atoms with Crippen LogP contribution < -0.4 is 0 Å². The van der Waals surface area contributed by atoms with Crippen molar-refractivity contribution in [2.24, 2.45) is 11.8 Å². The lowest BCUT2D eigenvalue weighted by atomic mass is 9.83. The fourth-order valence-electron chi connectivity index (χ4n) is 2.57. The number of carboxylic acids is 1. The Morgan fingerprint density at radius 2 is 1.41 bits per heavy atom. The van der Waals surface area contributed by atoms with Gasteiger partial charge in [0, 0.05) is 0 Å². The van der Waals surface area contributed by atoms with Crippen molar-refractivity contribution < 1.29 is 19.4 Å². The van der Waals surface area contributed by atoms with Crippen LogP contribution in [0.1, 0.15) is 51.4 Å². The molecule has 0 spiro atoms. The first kappa shape index (κ1) is 14.0. The highest BCUT2D eigenvalue weighted by atomic mass is 16.5. The molecule has 0 saturated heterocycles. The quantitative estimate of drug-likeness (QED) is 0.756. The molecular weight excluding hydrogens is 220 g/mol. The number of hydrogen-bond donors (Lipinski definition) is 1. The molecule has 1 aliphatic rings. The van der Waals surface area contributed by atoms with E-state index in [0.717, 1.165) is 25.7 Å². The van der Waals surface area contributed by atoms with Gasteiger partial charge in [-0.15, -0.1) is 0 Å². The number of esters is 1. The summed E-state index contributed by atoms with van der Waals surface area (Å²) in [4.78, 5) is 22.9. The monoisotopic (exact) mass is 242 g/mol. The summed E-state index contributed by atoms with van der Waals surface area (Å²) in [6.07, 6.45) is 7.56. The van der Waals surface area contributed by atoms with Gasteiger partial charge >= 0.3 is 11.9 Å². The van der Waals surface area contributed by atoms with E-state index < -0.39 is 17.8 Å². The number of ether oxygens (including phenoxy) is 1. The Balaban J connectivity index is 2.72. The average molecular weight is 242 g/mol. The molecule has 1 N–H and O–H groups in total. The number of carbonyl (C=O) groups is 2. The Morgan fingerprint density at radius 3 is 1.88 bits per heavy atom.